The molecule has 0 aliphatic carbocycles. The Balaban J connectivity index is 1.28. The first-order valence-corrected chi connectivity index (χ1v) is 43.7. The minimum Gasteiger partial charge on any atom is -0.508 e. The molecule has 42 heteroatoms. The molecule has 0 spiro atoms. The van der Waals surface area contributed by atoms with Gasteiger partial charge < -0.3 is 101 Å². The molecule has 0 radical (unpaired) electrons. The van der Waals surface area contributed by atoms with Gasteiger partial charge in [0.1, 0.15) is 23.6 Å². The molecule has 0 unspecified atom stereocenters. The average molecular weight is 1780 g/mol. The molecule has 3 aliphatic heterocycles. The Morgan fingerprint density at radius 2 is 1.22 bits per heavy atom. The van der Waals surface area contributed by atoms with E-state index in [0.29, 0.717) is 27.6 Å². The van der Waals surface area contributed by atoms with E-state index in [9.17, 15) is 73.5 Å². The summed E-state index contributed by atoms with van der Waals surface area (Å²) in [5.74, 6) is -26.2. The van der Waals surface area contributed by atoms with Gasteiger partial charge in [-0.25, -0.2) is 14.4 Å². The fourth-order valence-electron chi connectivity index (χ4n) is 15.4. The Bertz CT molecular complexity index is 4720. The third kappa shape index (κ3) is 30.9. The molecule has 2 fully saturated rings. The first-order chi connectivity index (χ1) is 59.5. The topological polar surface area (TPSA) is 658 Å². The van der Waals surface area contributed by atoms with Gasteiger partial charge in [0.25, 0.3) is 0 Å². The van der Waals surface area contributed by atoms with Gasteiger partial charge in [-0.1, -0.05) is 69.3 Å². The molecule has 2 saturated heterocycles. The molecule has 676 valence electrons. The number of benzene rings is 3. The summed E-state index contributed by atoms with van der Waals surface area (Å²) < 4.78 is 1.26. The van der Waals surface area contributed by atoms with Gasteiger partial charge in [-0.15, -0.1) is 5.10 Å². The number of carbonyl (C=O) groups is 18. The van der Waals surface area contributed by atoms with Crippen LogP contribution in [0.15, 0.2) is 85.2 Å². The number of H-pyrrole nitrogens is 1. The molecule has 5 heterocycles. The van der Waals surface area contributed by atoms with Gasteiger partial charge in [0.15, 0.2) is 34.7 Å². The predicted octanol–water partition coefficient (Wildman–Crippen LogP) is 0.0435. The summed E-state index contributed by atoms with van der Waals surface area (Å²) >= 11 is 0. The van der Waals surface area contributed by atoms with Gasteiger partial charge in [0.2, 0.25) is 47.3 Å². The van der Waals surface area contributed by atoms with Gasteiger partial charge in [-0.3, -0.25) is 76.6 Å². The number of nitrogens with one attached hydrogen (secondary N) is 9. The van der Waals surface area contributed by atoms with Crippen LogP contribution in [0.25, 0.3) is 10.9 Å². The number of aliphatic hydroxyl groups excluding tert-OH is 1. The maximum absolute atomic E-state index is 15.6. The lowest BCUT2D eigenvalue weighted by atomic mass is 9.88. The molecule has 22 N–H and O–H groups in total. The van der Waals surface area contributed by atoms with Crippen LogP contribution in [-0.2, 0) is 109 Å². The molecule has 3 aromatic carbocycles. The second-order valence-corrected chi connectivity index (χ2v) is 34.2. The number of carboxylic acid groups (broad SMARTS) is 2. The molecule has 14 atom stereocenters. The lowest BCUT2D eigenvalue weighted by Crippen LogP contribution is -2.52. The molecule has 5 aromatic rings. The Morgan fingerprint density at radius 3 is 1.85 bits per heavy atom. The van der Waals surface area contributed by atoms with Crippen LogP contribution in [0, 0.1) is 35.5 Å². The van der Waals surface area contributed by atoms with Crippen LogP contribution in [0.2, 0.25) is 0 Å². The van der Waals surface area contributed by atoms with Crippen molar-refractivity contribution in [2.45, 2.75) is 197 Å². The van der Waals surface area contributed by atoms with E-state index in [4.69, 9.17) is 22.9 Å². The highest BCUT2D eigenvalue weighted by Crippen LogP contribution is 2.32. The highest BCUT2D eigenvalue weighted by molar-refractivity contribution is 8.76. The number of hydrogen-bond acceptors (Lipinski definition) is 26. The summed E-state index contributed by atoms with van der Waals surface area (Å²) in [5.41, 5.74) is 24.2. The molecular weight excluding hydrogens is 1670 g/mol. The minimum absolute atomic E-state index is 0.00302. The number of aliphatic hydroxyl groups is 1. The number of aliphatic carboxylic acids is 2. The van der Waals surface area contributed by atoms with Crippen molar-refractivity contribution in [3.05, 3.63) is 108 Å². The number of fused-ring (bicyclic) bond motifs is 12. The van der Waals surface area contributed by atoms with Gasteiger partial charge in [0, 0.05) is 149 Å². The number of nitrogens with zero attached hydrogens (tertiary/aromatic N) is 4. The second kappa shape index (κ2) is 48.2. The lowest BCUT2D eigenvalue weighted by Gasteiger charge is -2.30. The predicted molar refractivity (Wildman–Crippen MR) is 451 cm³/mol. The maximum Gasteiger partial charge on any atom is 0.326 e. The van der Waals surface area contributed by atoms with Crippen molar-refractivity contribution in [1.29, 1.82) is 0 Å². The fourth-order valence-corrected chi connectivity index (χ4v) is 17.8. The number of hydrogen-bond donors (Lipinski definition) is 18. The highest BCUT2D eigenvalue weighted by Gasteiger charge is 2.44. The quantitative estimate of drug-likeness (QED) is 0.0232. The summed E-state index contributed by atoms with van der Waals surface area (Å²) in [6.07, 6.45) is -7.69. The van der Waals surface area contributed by atoms with E-state index in [2.05, 4.69) is 57.8 Å². The molecule has 2 aromatic heterocycles. The first kappa shape index (κ1) is 98.3. The van der Waals surface area contributed by atoms with Crippen LogP contribution in [0.3, 0.4) is 0 Å². The van der Waals surface area contributed by atoms with E-state index in [0.717, 1.165) is 33.4 Å². The summed E-state index contributed by atoms with van der Waals surface area (Å²) in [7, 11) is 1.77. The summed E-state index contributed by atoms with van der Waals surface area (Å²) in [6, 6.07) is 4.82. The first-order valence-electron chi connectivity index (χ1n) is 41.2. The van der Waals surface area contributed by atoms with E-state index >= 15 is 38.4 Å². The lowest BCUT2D eigenvalue weighted by molar-refractivity contribution is -0.148. The normalized spacial score (nSPS) is 23.2. The molecular formula is C83H109N17O23S2. The van der Waals surface area contributed by atoms with Crippen LogP contribution in [0.4, 0.5) is 9.59 Å². The number of phenols is 2. The third-order valence-electron chi connectivity index (χ3n) is 22.1. The van der Waals surface area contributed by atoms with Crippen LogP contribution in [0.5, 0.6) is 11.5 Å². The number of aromatic amines is 1. The smallest absolute Gasteiger partial charge is 0.326 e. The Morgan fingerprint density at radius 1 is 0.632 bits per heavy atom. The number of aryl methyl sites for hydroxylation is 1. The highest BCUT2D eigenvalue weighted by atomic mass is 33.1. The molecule has 12 amide bonds. The van der Waals surface area contributed by atoms with E-state index in [-0.39, 0.29) is 120 Å². The number of urea groups is 2. The van der Waals surface area contributed by atoms with E-state index < -0.39 is 266 Å². The van der Waals surface area contributed by atoms with Gasteiger partial charge in [0.05, 0.1) is 66.8 Å². The second-order valence-electron chi connectivity index (χ2n) is 31.7. The van der Waals surface area contributed by atoms with Crippen LogP contribution in [-0.4, -0.2) is 242 Å². The van der Waals surface area contributed by atoms with Gasteiger partial charge in [-0.05, 0) is 118 Å². The zero-order valence-electron chi connectivity index (χ0n) is 69.0. The molecule has 125 heavy (non-hydrogen) atoms. The van der Waals surface area contributed by atoms with Crippen molar-refractivity contribution in [2.24, 2.45) is 58.4 Å². The summed E-state index contributed by atoms with van der Waals surface area (Å²) in [5, 5.41) is 82.1. The Labute approximate surface area is 726 Å². The van der Waals surface area contributed by atoms with E-state index in [1.54, 1.807) is 30.5 Å². The van der Waals surface area contributed by atoms with E-state index in [1.807, 2.05) is 0 Å². The number of Topliss-reactive ketones (excluding diaryl/α,β-unsaturated/α-hetero) is 6. The maximum atomic E-state index is 15.6. The molecule has 0 saturated carbocycles. The Hall–Kier alpha value is -12.2. The number of primary amides is 3. The number of phenolic OH excluding ortho intramolecular Hbond substituents is 2. The number of amides is 12. The van der Waals surface area contributed by atoms with Crippen LogP contribution >= 0.6 is 21.6 Å². The molecule has 8 rings (SSSR count). The monoisotopic (exact) mass is 1780 g/mol. The summed E-state index contributed by atoms with van der Waals surface area (Å²) in [4.78, 5) is 262. The number of carbonyl (C=O) groups excluding carboxylic acids is 16. The SMILES string of the molecule is C[C@@H](O)[C@@H]1NC(=O)[C@H]2CC(=O)[C@@H](NC(=O)CN)CSSC[C@H](NC(=O)[C@H](CCCNC(N)=O)CC(=O)[C@@H]3CCCN3C(=O)[C@H](CC(=O)O)CC1=O)C(=O)C[C@@H](CCCNC(N)=O)C(=O)N[C@@H](Cc1c[nH]c3ccccc13)C(=O)C[C@@H](CCC(N)=O)C(=O)N[C@H](C(=O)C[C@@H](Cc1ccc(O)cc1)C(=O)N[C@H](Cc1ccc(O)cc1)C(=O)O)CCCn1cc(nn1)C2. The minimum atomic E-state index is -1.92. The van der Waals surface area contributed by atoms with Crippen molar-refractivity contribution < 1.29 is 112 Å². The van der Waals surface area contributed by atoms with Crippen LogP contribution in [0.1, 0.15) is 138 Å². The molecule has 4 bridgehead atoms. The number of aromatic hydroxyl groups is 2. The third-order valence-corrected chi connectivity index (χ3v) is 24.6. The molecule has 3 aliphatic rings. The number of carboxylic acids is 2. The fraction of sp³-hybridized carbons (Fsp3) is 0.518. The van der Waals surface area contributed by atoms with Crippen LogP contribution < -0.4 is 65.5 Å². The van der Waals surface area contributed by atoms with E-state index in [1.165, 1.54) is 59.4 Å². The van der Waals surface area contributed by atoms with Crippen molar-refractivity contribution in [1.82, 2.24) is 67.4 Å². The summed E-state index contributed by atoms with van der Waals surface area (Å²) in [6.45, 7) is -0.156. The standard InChI is InChI=1S/C83H109N17O23S2/c1-44(101)74-70(109)37-52(38-73(112)113)80(119)100-27-7-13-64(100)69(108)34-48(9-5-25-89-83(87)123)76(115)95-63-43-125-124-42-62(91-72(111)39-84)68(107)36-51(79(118)96-74)30-54-41-99(98-97-54)26-6-12-59(65(104)35-50(28-45-14-19-55(102)20-15-45)78(117)94-61(81(120)121)29-46-16-21-56(103)22-17-46)92-77(116)49(18-23-71(85)110)33-66(105)60(31-53-40-90-58-11-3-2-10-57(53)58)93-75(114)47(32-67(63)106)8-4-24-88-82(86)122/h2-3,10-11,14-17,19-22,40-41,44,47-52,59-64,74,90,101-103H,4-9,12-13,18,23-39,42-43,84H2,1H3,(H2,85,110)(H,91,111)(H,92,116)(H,93,114)(H,94,117)(H,95,115)(H,96,118)(H,112,113)(H,120,121)(H3,86,88,122)(H3,87,89,123)/t44-,47-,48-,49-,50-,51-,52+,59+,60+,61-,62+,63+,64+,74+/m1/s1. The number of nitrogens with two attached hydrogens (primary N) is 4. The number of aromatic nitrogens is 4. The number of para-hydroxylation sites is 1. The van der Waals surface area contributed by atoms with Gasteiger partial charge >= 0.3 is 24.0 Å². The Kier molecular flexibility index (Phi) is 37.9. The zero-order valence-corrected chi connectivity index (χ0v) is 70.6. The van der Waals surface area contributed by atoms with Crippen molar-refractivity contribution >= 4 is 138 Å². The van der Waals surface area contributed by atoms with Gasteiger partial charge in [-0.2, -0.15) is 0 Å². The van der Waals surface area contributed by atoms with Crippen molar-refractivity contribution in [3.8, 4) is 11.5 Å². The largest absolute Gasteiger partial charge is 0.508 e. The van der Waals surface area contributed by atoms with Crippen molar-refractivity contribution in [3.63, 3.8) is 0 Å². The average Bonchev–Trinajstić information content (AvgIpc) is 1.65. The molecule has 40 nitrogen and oxygen atoms in total. The number of ketones is 6. The van der Waals surface area contributed by atoms with Crippen molar-refractivity contribution in [2.75, 3.05) is 37.7 Å². The number of rotatable bonds is 28. The zero-order chi connectivity index (χ0) is 91.1.